The summed E-state index contributed by atoms with van der Waals surface area (Å²) in [4.78, 5) is 0. The minimum Gasteiger partial charge on any atom is -0.488 e. The van der Waals surface area contributed by atoms with E-state index in [0.29, 0.717) is 0 Å². The highest BCUT2D eigenvalue weighted by atomic mass is 16.5. The van der Waals surface area contributed by atoms with Crippen molar-refractivity contribution in [2.24, 2.45) is 0 Å². The molecule has 76 valence electrons. The fourth-order valence-electron chi connectivity index (χ4n) is 1.61. The standard InChI is InChI=1S/C12H16O2/c1-10-4-6-11(7-5-10)14-12-3-2-8-13-9-12/h4-7,12H,2-3,8-9H2,1H3/t12-/m0/s1. The molecule has 0 radical (unpaired) electrons. The van der Waals surface area contributed by atoms with Crippen LogP contribution in [0.3, 0.4) is 0 Å². The zero-order chi connectivity index (χ0) is 9.80. The fraction of sp³-hybridized carbons (Fsp3) is 0.500. The molecule has 14 heavy (non-hydrogen) atoms. The van der Waals surface area contributed by atoms with Gasteiger partial charge in [-0.2, -0.15) is 0 Å². The Morgan fingerprint density at radius 1 is 1.29 bits per heavy atom. The van der Waals surface area contributed by atoms with E-state index in [1.54, 1.807) is 0 Å². The van der Waals surface area contributed by atoms with E-state index >= 15 is 0 Å². The summed E-state index contributed by atoms with van der Waals surface area (Å²) < 4.78 is 11.1. The van der Waals surface area contributed by atoms with Gasteiger partial charge in [-0.25, -0.2) is 0 Å². The van der Waals surface area contributed by atoms with Crippen molar-refractivity contribution < 1.29 is 9.47 Å². The Balaban J connectivity index is 1.92. The number of hydrogen-bond donors (Lipinski definition) is 0. The molecule has 0 N–H and O–H groups in total. The number of aryl methyl sites for hydroxylation is 1. The zero-order valence-electron chi connectivity index (χ0n) is 8.53. The molecule has 0 bridgehead atoms. The highest BCUT2D eigenvalue weighted by Crippen LogP contribution is 2.17. The summed E-state index contributed by atoms with van der Waals surface area (Å²) in [7, 11) is 0. The molecule has 1 aromatic rings. The molecule has 0 aromatic heterocycles. The Labute approximate surface area is 84.8 Å². The van der Waals surface area contributed by atoms with E-state index in [-0.39, 0.29) is 6.10 Å². The summed E-state index contributed by atoms with van der Waals surface area (Å²) in [5, 5.41) is 0. The van der Waals surface area contributed by atoms with Gasteiger partial charge in [-0.15, -0.1) is 0 Å². The van der Waals surface area contributed by atoms with E-state index in [4.69, 9.17) is 9.47 Å². The molecule has 2 heteroatoms. The fourth-order valence-corrected chi connectivity index (χ4v) is 1.61. The molecule has 2 nitrogen and oxygen atoms in total. The van der Waals surface area contributed by atoms with E-state index in [2.05, 4.69) is 19.1 Å². The van der Waals surface area contributed by atoms with Crippen molar-refractivity contribution >= 4 is 0 Å². The SMILES string of the molecule is Cc1ccc(O[C@H]2CCCOC2)cc1. The predicted molar refractivity (Wildman–Crippen MR) is 55.6 cm³/mol. The third-order valence-corrected chi connectivity index (χ3v) is 2.44. The number of hydrogen-bond acceptors (Lipinski definition) is 2. The summed E-state index contributed by atoms with van der Waals surface area (Å²) in [6.07, 6.45) is 2.45. The van der Waals surface area contributed by atoms with Gasteiger partial charge in [0.05, 0.1) is 6.61 Å². The molecule has 1 saturated heterocycles. The maximum atomic E-state index is 5.79. The molecule has 2 rings (SSSR count). The van der Waals surface area contributed by atoms with Crippen molar-refractivity contribution in [2.45, 2.75) is 25.9 Å². The second-order valence-corrected chi connectivity index (χ2v) is 3.77. The Hall–Kier alpha value is -1.02. The minimum atomic E-state index is 0.242. The van der Waals surface area contributed by atoms with Crippen molar-refractivity contribution in [1.82, 2.24) is 0 Å². The lowest BCUT2D eigenvalue weighted by atomic mass is 10.2. The molecule has 1 heterocycles. The second kappa shape index (κ2) is 4.47. The molecular formula is C12H16O2. The minimum absolute atomic E-state index is 0.242. The van der Waals surface area contributed by atoms with Crippen LogP contribution >= 0.6 is 0 Å². The van der Waals surface area contributed by atoms with Gasteiger partial charge in [-0.05, 0) is 31.9 Å². The second-order valence-electron chi connectivity index (χ2n) is 3.77. The quantitative estimate of drug-likeness (QED) is 0.717. The van der Waals surface area contributed by atoms with Gasteiger partial charge in [0.15, 0.2) is 0 Å². The van der Waals surface area contributed by atoms with E-state index < -0.39 is 0 Å². The molecule has 0 spiro atoms. The van der Waals surface area contributed by atoms with Crippen LogP contribution in [0.1, 0.15) is 18.4 Å². The van der Waals surface area contributed by atoms with Crippen LogP contribution in [0.25, 0.3) is 0 Å². The lowest BCUT2D eigenvalue weighted by molar-refractivity contribution is 0.00743. The van der Waals surface area contributed by atoms with Crippen molar-refractivity contribution in [3.63, 3.8) is 0 Å². The first kappa shape index (κ1) is 9.53. The monoisotopic (exact) mass is 192 g/mol. The molecule has 0 saturated carbocycles. The van der Waals surface area contributed by atoms with E-state index in [1.807, 2.05) is 12.1 Å². The van der Waals surface area contributed by atoms with Gasteiger partial charge in [0.1, 0.15) is 11.9 Å². The highest BCUT2D eigenvalue weighted by molar-refractivity contribution is 5.26. The van der Waals surface area contributed by atoms with Gasteiger partial charge < -0.3 is 9.47 Å². The first-order valence-electron chi connectivity index (χ1n) is 5.16. The number of benzene rings is 1. The van der Waals surface area contributed by atoms with Crippen LogP contribution in [0.4, 0.5) is 0 Å². The molecule has 1 atom stereocenters. The van der Waals surface area contributed by atoms with Gasteiger partial charge in [-0.3, -0.25) is 0 Å². The number of ether oxygens (including phenoxy) is 2. The molecule has 1 aromatic carbocycles. The molecule has 0 amide bonds. The van der Waals surface area contributed by atoms with Crippen LogP contribution in [-0.2, 0) is 4.74 Å². The van der Waals surface area contributed by atoms with Gasteiger partial charge in [0, 0.05) is 6.61 Å². The topological polar surface area (TPSA) is 18.5 Å². The van der Waals surface area contributed by atoms with Crippen LogP contribution in [0.15, 0.2) is 24.3 Å². The van der Waals surface area contributed by atoms with Crippen LogP contribution in [-0.4, -0.2) is 19.3 Å². The molecular weight excluding hydrogens is 176 g/mol. The maximum absolute atomic E-state index is 5.79. The Kier molecular flexibility index (Phi) is 3.04. The first-order chi connectivity index (χ1) is 6.84. The predicted octanol–water partition coefficient (Wildman–Crippen LogP) is 2.55. The van der Waals surface area contributed by atoms with Crippen molar-refractivity contribution in [3.05, 3.63) is 29.8 Å². The Morgan fingerprint density at radius 2 is 2.07 bits per heavy atom. The van der Waals surface area contributed by atoms with E-state index in [0.717, 1.165) is 31.8 Å². The highest BCUT2D eigenvalue weighted by Gasteiger charge is 2.14. The van der Waals surface area contributed by atoms with Crippen molar-refractivity contribution in [2.75, 3.05) is 13.2 Å². The van der Waals surface area contributed by atoms with Gasteiger partial charge in [0.25, 0.3) is 0 Å². The third kappa shape index (κ3) is 2.48. The van der Waals surface area contributed by atoms with E-state index in [1.165, 1.54) is 5.56 Å². The average Bonchev–Trinajstić information content (AvgIpc) is 2.23. The maximum Gasteiger partial charge on any atom is 0.122 e. The van der Waals surface area contributed by atoms with Gasteiger partial charge in [-0.1, -0.05) is 17.7 Å². The molecule has 1 aliphatic rings. The molecule has 1 fully saturated rings. The van der Waals surface area contributed by atoms with Crippen LogP contribution in [0, 0.1) is 6.92 Å². The normalized spacial score (nSPS) is 21.9. The Morgan fingerprint density at radius 3 is 2.71 bits per heavy atom. The lowest BCUT2D eigenvalue weighted by Gasteiger charge is -2.23. The van der Waals surface area contributed by atoms with Crippen LogP contribution < -0.4 is 4.74 Å². The molecule has 1 aliphatic heterocycles. The average molecular weight is 192 g/mol. The molecule has 0 aliphatic carbocycles. The largest absolute Gasteiger partial charge is 0.488 e. The summed E-state index contributed by atoms with van der Waals surface area (Å²) in [6, 6.07) is 8.17. The zero-order valence-corrected chi connectivity index (χ0v) is 8.53. The van der Waals surface area contributed by atoms with Crippen LogP contribution in [0.5, 0.6) is 5.75 Å². The Bertz CT molecular complexity index is 273. The molecule has 0 unspecified atom stereocenters. The smallest absolute Gasteiger partial charge is 0.122 e. The summed E-state index contributed by atoms with van der Waals surface area (Å²) in [5.41, 5.74) is 1.26. The number of rotatable bonds is 2. The van der Waals surface area contributed by atoms with Crippen molar-refractivity contribution in [1.29, 1.82) is 0 Å². The summed E-state index contributed by atoms with van der Waals surface area (Å²) in [6.45, 7) is 3.69. The summed E-state index contributed by atoms with van der Waals surface area (Å²) >= 11 is 0. The van der Waals surface area contributed by atoms with Crippen molar-refractivity contribution in [3.8, 4) is 5.75 Å². The third-order valence-electron chi connectivity index (χ3n) is 2.44. The van der Waals surface area contributed by atoms with E-state index in [9.17, 15) is 0 Å². The first-order valence-corrected chi connectivity index (χ1v) is 5.16. The summed E-state index contributed by atoms with van der Waals surface area (Å²) in [5.74, 6) is 0.950. The lowest BCUT2D eigenvalue weighted by Crippen LogP contribution is -2.27. The van der Waals surface area contributed by atoms with Gasteiger partial charge in [0.2, 0.25) is 0 Å². The van der Waals surface area contributed by atoms with Gasteiger partial charge >= 0.3 is 0 Å². The van der Waals surface area contributed by atoms with Crippen LogP contribution in [0.2, 0.25) is 0 Å².